The quantitative estimate of drug-likeness (QED) is 0.372. The molecule has 1 amide bonds. The Morgan fingerprint density at radius 2 is 1.71 bits per heavy atom. The van der Waals surface area contributed by atoms with E-state index in [2.05, 4.69) is 10.5 Å². The van der Waals surface area contributed by atoms with Gasteiger partial charge in [0.2, 0.25) is 0 Å². The van der Waals surface area contributed by atoms with Crippen molar-refractivity contribution in [3.05, 3.63) is 83.4 Å². The van der Waals surface area contributed by atoms with E-state index in [1.165, 1.54) is 25.5 Å². The molecular weight excluding hydrogens is 454 g/mol. The molecule has 0 bridgehead atoms. The van der Waals surface area contributed by atoms with Crippen LogP contribution >= 0.6 is 0 Å². The molecule has 0 unspecified atom stereocenters. The van der Waals surface area contributed by atoms with Crippen molar-refractivity contribution in [2.75, 3.05) is 25.1 Å². The summed E-state index contributed by atoms with van der Waals surface area (Å²) in [4.78, 5) is 12.8. The molecule has 0 saturated heterocycles. The Balaban J connectivity index is 1.84. The standard InChI is InChI=1S/C25H27N3O5S/c1-18-9-13-22(14-10-18)34(30,31)28(23-8-6-5-7-19(23)2)17-25(29)27-26-16-20-11-12-21(32-3)15-24(20)33-4/h5-16H,17H2,1-4H3,(H,27,29)/b26-16-. The van der Waals surface area contributed by atoms with Gasteiger partial charge in [0.25, 0.3) is 15.9 Å². The number of hydrazone groups is 1. The highest BCUT2D eigenvalue weighted by Gasteiger charge is 2.28. The summed E-state index contributed by atoms with van der Waals surface area (Å²) >= 11 is 0. The number of ether oxygens (including phenoxy) is 2. The lowest BCUT2D eigenvalue weighted by Gasteiger charge is -2.25. The molecule has 9 heteroatoms. The van der Waals surface area contributed by atoms with E-state index >= 15 is 0 Å². The van der Waals surface area contributed by atoms with Crippen molar-refractivity contribution in [1.82, 2.24) is 5.43 Å². The minimum atomic E-state index is -4.00. The fraction of sp³-hybridized carbons (Fsp3) is 0.200. The maximum atomic E-state index is 13.5. The molecule has 0 radical (unpaired) electrons. The zero-order valence-corrected chi connectivity index (χ0v) is 20.3. The normalized spacial score (nSPS) is 11.3. The molecule has 0 aliphatic heterocycles. The van der Waals surface area contributed by atoms with Gasteiger partial charge in [-0.05, 0) is 49.7 Å². The second kappa shape index (κ2) is 10.8. The minimum absolute atomic E-state index is 0.0978. The smallest absolute Gasteiger partial charge is 0.264 e. The van der Waals surface area contributed by atoms with Crippen LogP contribution in [0.15, 0.2) is 76.7 Å². The number of benzene rings is 3. The van der Waals surface area contributed by atoms with Crippen LogP contribution in [0.1, 0.15) is 16.7 Å². The van der Waals surface area contributed by atoms with Crippen LogP contribution in [-0.4, -0.2) is 41.3 Å². The number of nitrogens with zero attached hydrogens (tertiary/aromatic N) is 2. The van der Waals surface area contributed by atoms with Gasteiger partial charge in [0.1, 0.15) is 18.0 Å². The Hall–Kier alpha value is -3.85. The summed E-state index contributed by atoms with van der Waals surface area (Å²) in [6, 6.07) is 18.6. The number of sulfonamides is 1. The Bertz CT molecular complexity index is 1290. The van der Waals surface area contributed by atoms with Gasteiger partial charge in [0.15, 0.2) is 0 Å². The lowest BCUT2D eigenvalue weighted by molar-refractivity contribution is -0.119. The van der Waals surface area contributed by atoms with Crippen LogP contribution in [0.2, 0.25) is 0 Å². The van der Waals surface area contributed by atoms with Crippen molar-refractivity contribution in [3.8, 4) is 11.5 Å². The lowest BCUT2D eigenvalue weighted by Crippen LogP contribution is -2.40. The molecule has 1 N–H and O–H groups in total. The van der Waals surface area contributed by atoms with Crippen LogP contribution in [0.4, 0.5) is 5.69 Å². The molecule has 178 valence electrons. The van der Waals surface area contributed by atoms with Gasteiger partial charge in [-0.2, -0.15) is 5.10 Å². The number of carbonyl (C=O) groups excluding carboxylic acids is 1. The van der Waals surface area contributed by atoms with Crippen LogP contribution in [-0.2, 0) is 14.8 Å². The Morgan fingerprint density at radius 1 is 1.00 bits per heavy atom. The van der Waals surface area contributed by atoms with Crippen LogP contribution in [0.25, 0.3) is 0 Å². The number of carbonyl (C=O) groups is 1. The molecule has 0 spiro atoms. The van der Waals surface area contributed by atoms with E-state index in [4.69, 9.17) is 9.47 Å². The van der Waals surface area contributed by atoms with Gasteiger partial charge in [0.05, 0.1) is 31.0 Å². The Kier molecular flexibility index (Phi) is 7.91. The van der Waals surface area contributed by atoms with E-state index in [1.807, 2.05) is 13.0 Å². The number of rotatable bonds is 9. The van der Waals surface area contributed by atoms with E-state index < -0.39 is 22.5 Å². The third-order valence-electron chi connectivity index (χ3n) is 5.11. The molecule has 34 heavy (non-hydrogen) atoms. The van der Waals surface area contributed by atoms with Crippen molar-refractivity contribution in [3.63, 3.8) is 0 Å². The second-order valence-electron chi connectivity index (χ2n) is 7.51. The number of anilines is 1. The molecule has 3 aromatic carbocycles. The first-order valence-corrected chi connectivity index (χ1v) is 11.9. The molecule has 0 fully saturated rings. The number of para-hydroxylation sites is 1. The maximum absolute atomic E-state index is 13.5. The highest BCUT2D eigenvalue weighted by atomic mass is 32.2. The first-order valence-electron chi connectivity index (χ1n) is 10.4. The van der Waals surface area contributed by atoms with Gasteiger partial charge in [0, 0.05) is 11.6 Å². The highest BCUT2D eigenvalue weighted by Crippen LogP contribution is 2.27. The third-order valence-corrected chi connectivity index (χ3v) is 6.89. The van der Waals surface area contributed by atoms with Gasteiger partial charge in [-0.25, -0.2) is 13.8 Å². The third kappa shape index (κ3) is 5.74. The average Bonchev–Trinajstić information content (AvgIpc) is 2.83. The van der Waals surface area contributed by atoms with Crippen LogP contribution in [0.5, 0.6) is 11.5 Å². The van der Waals surface area contributed by atoms with Gasteiger partial charge < -0.3 is 9.47 Å². The number of methoxy groups -OCH3 is 2. The van der Waals surface area contributed by atoms with Crippen molar-refractivity contribution < 1.29 is 22.7 Å². The fourth-order valence-corrected chi connectivity index (χ4v) is 4.73. The number of hydrogen-bond acceptors (Lipinski definition) is 6. The topological polar surface area (TPSA) is 97.3 Å². The fourth-order valence-electron chi connectivity index (χ4n) is 3.25. The van der Waals surface area contributed by atoms with Crippen molar-refractivity contribution in [2.24, 2.45) is 5.10 Å². The Labute approximate surface area is 199 Å². The lowest BCUT2D eigenvalue weighted by atomic mass is 10.2. The summed E-state index contributed by atoms with van der Waals surface area (Å²) < 4.78 is 38.5. The van der Waals surface area contributed by atoms with E-state index in [1.54, 1.807) is 62.6 Å². The molecular formula is C25H27N3O5S. The summed E-state index contributed by atoms with van der Waals surface area (Å²) in [5, 5.41) is 3.97. The molecule has 0 aromatic heterocycles. The first kappa shape index (κ1) is 24.8. The molecule has 8 nitrogen and oxygen atoms in total. The molecule has 0 atom stereocenters. The number of nitrogens with one attached hydrogen (secondary N) is 1. The molecule has 3 rings (SSSR count). The van der Waals surface area contributed by atoms with Crippen molar-refractivity contribution in [1.29, 1.82) is 0 Å². The summed E-state index contributed by atoms with van der Waals surface area (Å²) in [6.07, 6.45) is 1.42. The SMILES string of the molecule is COc1ccc(/C=N\NC(=O)CN(c2ccccc2C)S(=O)(=O)c2ccc(C)cc2)c(OC)c1. The highest BCUT2D eigenvalue weighted by molar-refractivity contribution is 7.92. The summed E-state index contributed by atoms with van der Waals surface area (Å²) in [6.45, 7) is 3.22. The van der Waals surface area contributed by atoms with Crippen LogP contribution in [0, 0.1) is 13.8 Å². The van der Waals surface area contributed by atoms with Crippen LogP contribution in [0.3, 0.4) is 0 Å². The van der Waals surface area contributed by atoms with E-state index in [-0.39, 0.29) is 4.90 Å². The summed E-state index contributed by atoms with van der Waals surface area (Å²) in [5.74, 6) is 0.539. The minimum Gasteiger partial charge on any atom is -0.497 e. The number of amides is 1. The number of aryl methyl sites for hydroxylation is 2. The predicted molar refractivity (Wildman–Crippen MR) is 132 cm³/mol. The predicted octanol–water partition coefficient (Wildman–Crippen LogP) is 3.67. The zero-order chi connectivity index (χ0) is 24.7. The van der Waals surface area contributed by atoms with Gasteiger partial charge in [-0.15, -0.1) is 0 Å². The molecule has 0 aliphatic rings. The van der Waals surface area contributed by atoms with Crippen molar-refractivity contribution in [2.45, 2.75) is 18.7 Å². The van der Waals surface area contributed by atoms with Gasteiger partial charge >= 0.3 is 0 Å². The molecule has 0 saturated carbocycles. The molecule has 3 aromatic rings. The Morgan fingerprint density at radius 3 is 2.35 bits per heavy atom. The first-order chi connectivity index (χ1) is 16.3. The average molecular weight is 482 g/mol. The summed E-state index contributed by atoms with van der Waals surface area (Å²) in [5.41, 5.74) is 5.09. The maximum Gasteiger partial charge on any atom is 0.264 e. The number of hydrogen-bond donors (Lipinski definition) is 1. The largest absolute Gasteiger partial charge is 0.497 e. The van der Waals surface area contributed by atoms with Gasteiger partial charge in [-0.3, -0.25) is 9.10 Å². The zero-order valence-electron chi connectivity index (χ0n) is 19.5. The molecule has 0 heterocycles. The van der Waals surface area contributed by atoms with Gasteiger partial charge in [-0.1, -0.05) is 35.9 Å². The van der Waals surface area contributed by atoms with E-state index in [0.29, 0.717) is 22.7 Å². The molecule has 0 aliphatic carbocycles. The van der Waals surface area contributed by atoms with Crippen LogP contribution < -0.4 is 19.2 Å². The monoisotopic (exact) mass is 481 g/mol. The van der Waals surface area contributed by atoms with E-state index in [0.717, 1.165) is 15.4 Å². The van der Waals surface area contributed by atoms with E-state index in [9.17, 15) is 13.2 Å². The van der Waals surface area contributed by atoms with Crippen molar-refractivity contribution >= 4 is 27.8 Å². The summed E-state index contributed by atoms with van der Waals surface area (Å²) in [7, 11) is -0.933. The second-order valence-corrected chi connectivity index (χ2v) is 9.37.